The van der Waals surface area contributed by atoms with Crippen LogP contribution in [0.15, 0.2) is 77.6 Å². The minimum absolute atomic E-state index is 0.186. The molecule has 7 nitrogen and oxygen atoms in total. The Hall–Kier alpha value is -3.68. The Bertz CT molecular complexity index is 1420. The first-order valence-electron chi connectivity index (χ1n) is 11.9. The van der Waals surface area contributed by atoms with Crippen molar-refractivity contribution in [3.8, 4) is 5.69 Å². The van der Waals surface area contributed by atoms with E-state index in [0.29, 0.717) is 46.3 Å². The standard InChI is InChI=1S/C28H29ClN4O3/c1-4-20-12-14-23(15-13-20)33-26(31-25-11-6-5-10-24(25)27(33)34)19(2)32(16-17-36-3)28(35)30-22-9-7-8-21(29)18-22/h5-15,18-19H,4,16-17H2,1-3H3,(H,30,35). The second kappa shape index (κ2) is 11.4. The number of benzene rings is 3. The Labute approximate surface area is 215 Å². The van der Waals surface area contributed by atoms with Gasteiger partial charge < -0.3 is 15.0 Å². The van der Waals surface area contributed by atoms with Crippen molar-refractivity contribution in [2.45, 2.75) is 26.3 Å². The number of rotatable bonds is 8. The molecule has 3 aromatic carbocycles. The zero-order chi connectivity index (χ0) is 25.7. The highest BCUT2D eigenvalue weighted by Gasteiger charge is 2.27. The molecule has 0 radical (unpaired) electrons. The monoisotopic (exact) mass is 504 g/mol. The van der Waals surface area contributed by atoms with Crippen LogP contribution in [-0.2, 0) is 11.2 Å². The number of carbonyl (C=O) groups is 1. The Morgan fingerprint density at radius 3 is 2.56 bits per heavy atom. The number of halogens is 1. The second-order valence-electron chi connectivity index (χ2n) is 8.45. The van der Waals surface area contributed by atoms with Crippen LogP contribution in [0.3, 0.4) is 0 Å². The van der Waals surface area contributed by atoms with Gasteiger partial charge in [0.25, 0.3) is 5.56 Å². The fourth-order valence-corrected chi connectivity index (χ4v) is 4.31. The first-order valence-corrected chi connectivity index (χ1v) is 12.2. The fraction of sp³-hybridized carbons (Fsp3) is 0.250. The molecule has 2 amide bonds. The average Bonchev–Trinajstić information content (AvgIpc) is 2.89. The number of aromatic nitrogens is 2. The number of hydrogen-bond acceptors (Lipinski definition) is 4. The molecule has 1 unspecified atom stereocenters. The predicted molar refractivity (Wildman–Crippen MR) is 144 cm³/mol. The molecular formula is C28H29ClN4O3. The molecule has 1 N–H and O–H groups in total. The largest absolute Gasteiger partial charge is 0.383 e. The average molecular weight is 505 g/mol. The highest BCUT2D eigenvalue weighted by Crippen LogP contribution is 2.24. The summed E-state index contributed by atoms with van der Waals surface area (Å²) in [5.41, 5.74) is 2.82. The van der Waals surface area contributed by atoms with Gasteiger partial charge in [0, 0.05) is 24.4 Å². The van der Waals surface area contributed by atoms with Crippen molar-refractivity contribution in [3.63, 3.8) is 0 Å². The van der Waals surface area contributed by atoms with Crippen LogP contribution in [0.25, 0.3) is 16.6 Å². The molecule has 4 aromatic rings. The quantitative estimate of drug-likeness (QED) is 0.327. The zero-order valence-corrected chi connectivity index (χ0v) is 21.3. The molecule has 0 aliphatic heterocycles. The van der Waals surface area contributed by atoms with Crippen molar-refractivity contribution in [2.75, 3.05) is 25.6 Å². The molecule has 1 heterocycles. The third-order valence-electron chi connectivity index (χ3n) is 6.12. The van der Waals surface area contributed by atoms with Gasteiger partial charge in [-0.05, 0) is 61.4 Å². The SMILES string of the molecule is CCc1ccc(-n2c(C(C)N(CCOC)C(=O)Nc3cccc(Cl)c3)nc3ccccc3c2=O)cc1. The van der Waals surface area contributed by atoms with Gasteiger partial charge in [-0.2, -0.15) is 0 Å². The molecule has 0 aliphatic rings. The van der Waals surface area contributed by atoms with Crippen LogP contribution in [0.1, 0.15) is 31.3 Å². The molecule has 4 rings (SSSR count). The summed E-state index contributed by atoms with van der Waals surface area (Å²) in [5.74, 6) is 0.459. The van der Waals surface area contributed by atoms with Crippen molar-refractivity contribution in [3.05, 3.63) is 99.6 Å². The van der Waals surface area contributed by atoms with Crippen molar-refractivity contribution in [2.24, 2.45) is 0 Å². The number of para-hydroxylation sites is 1. The van der Waals surface area contributed by atoms with E-state index in [2.05, 4.69) is 12.2 Å². The molecule has 0 saturated carbocycles. The van der Waals surface area contributed by atoms with E-state index in [-0.39, 0.29) is 11.6 Å². The number of hydrogen-bond donors (Lipinski definition) is 1. The number of amides is 2. The summed E-state index contributed by atoms with van der Waals surface area (Å²) in [4.78, 5) is 33.6. The minimum atomic E-state index is -0.553. The van der Waals surface area contributed by atoms with E-state index in [1.54, 1.807) is 46.9 Å². The maximum atomic E-state index is 13.7. The molecular weight excluding hydrogens is 476 g/mol. The van der Waals surface area contributed by atoms with Gasteiger partial charge in [0.05, 0.1) is 29.2 Å². The molecule has 0 saturated heterocycles. The molecule has 0 aliphatic carbocycles. The molecule has 186 valence electrons. The van der Waals surface area contributed by atoms with E-state index >= 15 is 0 Å². The number of anilines is 1. The van der Waals surface area contributed by atoms with Crippen LogP contribution in [0.2, 0.25) is 5.02 Å². The summed E-state index contributed by atoms with van der Waals surface area (Å²) in [6, 6.07) is 21.1. The van der Waals surface area contributed by atoms with E-state index in [1.807, 2.05) is 49.4 Å². The maximum absolute atomic E-state index is 13.7. The van der Waals surface area contributed by atoms with Crippen molar-refractivity contribution in [1.29, 1.82) is 0 Å². The Kier molecular flexibility index (Phi) is 8.03. The smallest absolute Gasteiger partial charge is 0.322 e. The fourth-order valence-electron chi connectivity index (χ4n) is 4.12. The van der Waals surface area contributed by atoms with Crippen LogP contribution >= 0.6 is 11.6 Å². The molecule has 0 fully saturated rings. The van der Waals surface area contributed by atoms with E-state index < -0.39 is 6.04 Å². The van der Waals surface area contributed by atoms with Crippen molar-refractivity contribution < 1.29 is 9.53 Å². The van der Waals surface area contributed by atoms with Crippen molar-refractivity contribution >= 4 is 34.2 Å². The normalized spacial score (nSPS) is 11.9. The Balaban J connectivity index is 1.82. The third-order valence-corrected chi connectivity index (χ3v) is 6.35. The van der Waals surface area contributed by atoms with E-state index in [1.165, 1.54) is 0 Å². The number of nitrogens with one attached hydrogen (secondary N) is 1. The summed E-state index contributed by atoms with van der Waals surface area (Å²) in [6.45, 7) is 4.55. The van der Waals surface area contributed by atoms with E-state index in [4.69, 9.17) is 21.3 Å². The van der Waals surface area contributed by atoms with Gasteiger partial charge in [-0.25, -0.2) is 9.78 Å². The number of methoxy groups -OCH3 is 1. The molecule has 0 spiro atoms. The summed E-state index contributed by atoms with van der Waals surface area (Å²) in [7, 11) is 1.58. The number of aryl methyl sites for hydroxylation is 1. The van der Waals surface area contributed by atoms with Gasteiger partial charge in [0.2, 0.25) is 0 Å². The van der Waals surface area contributed by atoms with Crippen molar-refractivity contribution in [1.82, 2.24) is 14.5 Å². The lowest BCUT2D eigenvalue weighted by Gasteiger charge is -2.30. The van der Waals surface area contributed by atoms with Gasteiger partial charge in [0.1, 0.15) is 5.82 Å². The van der Waals surface area contributed by atoms with Crippen LogP contribution in [0.5, 0.6) is 0 Å². The highest BCUT2D eigenvalue weighted by atomic mass is 35.5. The van der Waals surface area contributed by atoms with E-state index in [9.17, 15) is 9.59 Å². The highest BCUT2D eigenvalue weighted by molar-refractivity contribution is 6.30. The summed E-state index contributed by atoms with van der Waals surface area (Å²) < 4.78 is 6.88. The first kappa shape index (κ1) is 25.4. The van der Waals surface area contributed by atoms with Gasteiger partial charge in [-0.1, -0.05) is 48.9 Å². The lowest BCUT2D eigenvalue weighted by atomic mass is 10.1. The number of urea groups is 1. The molecule has 8 heteroatoms. The van der Waals surface area contributed by atoms with Gasteiger partial charge in [0.15, 0.2) is 0 Å². The lowest BCUT2D eigenvalue weighted by molar-refractivity contribution is 0.137. The molecule has 36 heavy (non-hydrogen) atoms. The Morgan fingerprint density at radius 1 is 1.11 bits per heavy atom. The number of nitrogens with zero attached hydrogens (tertiary/aromatic N) is 3. The number of carbonyl (C=O) groups excluding carboxylic acids is 1. The van der Waals surface area contributed by atoms with E-state index in [0.717, 1.165) is 12.0 Å². The van der Waals surface area contributed by atoms with Gasteiger partial charge >= 0.3 is 6.03 Å². The van der Waals surface area contributed by atoms with Crippen LogP contribution < -0.4 is 10.9 Å². The Morgan fingerprint density at radius 2 is 1.86 bits per heavy atom. The van der Waals surface area contributed by atoms with Crippen LogP contribution in [0.4, 0.5) is 10.5 Å². The van der Waals surface area contributed by atoms with Crippen LogP contribution in [0, 0.1) is 0 Å². The third kappa shape index (κ3) is 5.42. The second-order valence-corrected chi connectivity index (χ2v) is 8.89. The number of ether oxygens (including phenoxy) is 1. The molecule has 0 bridgehead atoms. The molecule has 1 atom stereocenters. The maximum Gasteiger partial charge on any atom is 0.322 e. The van der Waals surface area contributed by atoms with Crippen LogP contribution in [-0.4, -0.2) is 40.7 Å². The predicted octanol–water partition coefficient (Wildman–Crippen LogP) is 5.84. The summed E-state index contributed by atoms with van der Waals surface area (Å²) >= 11 is 6.10. The summed E-state index contributed by atoms with van der Waals surface area (Å²) in [6.07, 6.45) is 0.892. The summed E-state index contributed by atoms with van der Waals surface area (Å²) in [5, 5.41) is 3.93. The topological polar surface area (TPSA) is 76.5 Å². The van der Waals surface area contributed by atoms with Gasteiger partial charge in [-0.15, -0.1) is 0 Å². The van der Waals surface area contributed by atoms with Gasteiger partial charge in [-0.3, -0.25) is 9.36 Å². The lowest BCUT2D eigenvalue weighted by Crippen LogP contribution is -2.41. The zero-order valence-electron chi connectivity index (χ0n) is 20.6. The number of fused-ring (bicyclic) bond motifs is 1. The first-order chi connectivity index (χ1) is 17.4. The minimum Gasteiger partial charge on any atom is -0.383 e. The molecule has 1 aromatic heterocycles.